The number of anilines is 1. The number of hydrogen-bond donors (Lipinski definition) is 1. The average molecular weight is 372 g/mol. The highest BCUT2D eigenvalue weighted by Crippen LogP contribution is 2.36. The molecule has 26 heavy (non-hydrogen) atoms. The number of benzene rings is 2. The highest BCUT2D eigenvalue weighted by Gasteiger charge is 2.26. The van der Waals surface area contributed by atoms with Gasteiger partial charge in [-0.3, -0.25) is 9.59 Å². The number of hydrogen-bond acceptors (Lipinski definition) is 3. The first kappa shape index (κ1) is 18.5. The fraction of sp³-hybridized carbons (Fsp3) is 0.300. The van der Waals surface area contributed by atoms with Gasteiger partial charge in [0, 0.05) is 33.9 Å². The van der Waals surface area contributed by atoms with Gasteiger partial charge in [-0.1, -0.05) is 0 Å². The van der Waals surface area contributed by atoms with Crippen molar-refractivity contribution >= 4 is 29.3 Å². The number of halogens is 1. The zero-order valence-corrected chi connectivity index (χ0v) is 15.8. The van der Waals surface area contributed by atoms with Crippen LogP contribution in [0, 0.1) is 5.82 Å². The van der Waals surface area contributed by atoms with Gasteiger partial charge >= 0.3 is 0 Å². The summed E-state index contributed by atoms with van der Waals surface area (Å²) in [5.41, 5.74) is 1.31. The second-order valence-corrected chi connectivity index (χ2v) is 8.34. The van der Waals surface area contributed by atoms with Crippen molar-refractivity contribution in [2.24, 2.45) is 0 Å². The van der Waals surface area contributed by atoms with Crippen molar-refractivity contribution in [3.63, 3.8) is 0 Å². The number of rotatable bonds is 2. The molecule has 1 aliphatic heterocycles. The van der Waals surface area contributed by atoms with Crippen LogP contribution in [0.2, 0.25) is 0 Å². The monoisotopic (exact) mass is 372 g/mol. The molecule has 0 radical (unpaired) electrons. The third-order valence-corrected chi connectivity index (χ3v) is 4.95. The van der Waals surface area contributed by atoms with Crippen LogP contribution < -0.4 is 10.2 Å². The number of nitrogens with one attached hydrogen (secondary N) is 1. The van der Waals surface area contributed by atoms with Crippen molar-refractivity contribution in [1.29, 1.82) is 0 Å². The first-order valence-corrected chi connectivity index (χ1v) is 9.40. The molecule has 2 aromatic carbocycles. The normalized spacial score (nSPS) is 13.9. The molecule has 0 atom stereocenters. The molecule has 1 heterocycles. The fourth-order valence-corrected chi connectivity index (χ4v) is 3.71. The Morgan fingerprint density at radius 3 is 2.38 bits per heavy atom. The van der Waals surface area contributed by atoms with Crippen LogP contribution in [0.4, 0.5) is 10.1 Å². The van der Waals surface area contributed by atoms with E-state index in [0.29, 0.717) is 17.7 Å². The van der Waals surface area contributed by atoms with E-state index in [1.807, 2.05) is 26.8 Å². The summed E-state index contributed by atoms with van der Waals surface area (Å²) in [6, 6.07) is 10.9. The Kier molecular flexibility index (Phi) is 5.05. The lowest BCUT2D eigenvalue weighted by Crippen LogP contribution is -2.41. The molecule has 0 unspecified atom stereocenters. The number of fused-ring (bicyclic) bond motifs is 1. The van der Waals surface area contributed by atoms with E-state index in [9.17, 15) is 14.0 Å². The third-order valence-electron chi connectivity index (χ3n) is 3.91. The lowest BCUT2D eigenvalue weighted by molar-refractivity contribution is 0.0917. The minimum absolute atomic E-state index is 0.176. The Morgan fingerprint density at radius 2 is 1.73 bits per heavy atom. The quantitative estimate of drug-likeness (QED) is 0.863. The standard InChI is InChI=1S/C20H21FN2O2S/c1-20(2,3)22-18(24)14-6-9-17-16(12-14)23(10-11-26-17)19(25)13-4-7-15(21)8-5-13/h4-9,12H,10-11H2,1-3H3,(H,22,24). The highest BCUT2D eigenvalue weighted by atomic mass is 32.2. The van der Waals surface area contributed by atoms with E-state index in [1.165, 1.54) is 24.3 Å². The molecule has 0 saturated carbocycles. The van der Waals surface area contributed by atoms with Crippen molar-refractivity contribution in [2.45, 2.75) is 31.2 Å². The molecule has 3 rings (SSSR count). The van der Waals surface area contributed by atoms with Crippen molar-refractivity contribution < 1.29 is 14.0 Å². The van der Waals surface area contributed by atoms with Gasteiger partial charge in [-0.2, -0.15) is 0 Å². The van der Waals surface area contributed by atoms with Crippen LogP contribution in [-0.4, -0.2) is 29.7 Å². The van der Waals surface area contributed by atoms with Crippen LogP contribution in [0.1, 0.15) is 41.5 Å². The summed E-state index contributed by atoms with van der Waals surface area (Å²) in [5.74, 6) is 0.0234. The molecule has 2 amide bonds. The van der Waals surface area contributed by atoms with E-state index in [2.05, 4.69) is 5.32 Å². The SMILES string of the molecule is CC(C)(C)NC(=O)c1ccc2c(c1)N(C(=O)c1ccc(F)cc1)CCS2. The van der Waals surface area contributed by atoms with Crippen LogP contribution >= 0.6 is 11.8 Å². The first-order valence-electron chi connectivity index (χ1n) is 8.41. The third kappa shape index (κ3) is 4.07. The van der Waals surface area contributed by atoms with E-state index in [4.69, 9.17) is 0 Å². The second kappa shape index (κ2) is 7.11. The van der Waals surface area contributed by atoms with Gasteiger partial charge < -0.3 is 10.2 Å². The molecule has 0 bridgehead atoms. The van der Waals surface area contributed by atoms with Crippen LogP contribution in [-0.2, 0) is 0 Å². The van der Waals surface area contributed by atoms with Gasteiger partial charge in [0.2, 0.25) is 0 Å². The minimum Gasteiger partial charge on any atom is -0.347 e. The lowest BCUT2D eigenvalue weighted by atomic mass is 10.1. The molecule has 0 spiro atoms. The van der Waals surface area contributed by atoms with Gasteiger partial charge in [0.15, 0.2) is 0 Å². The molecule has 0 aromatic heterocycles. The van der Waals surface area contributed by atoms with Gasteiger partial charge in [0.1, 0.15) is 5.82 Å². The molecular weight excluding hydrogens is 351 g/mol. The van der Waals surface area contributed by atoms with E-state index >= 15 is 0 Å². The molecule has 0 fully saturated rings. The molecule has 136 valence electrons. The maximum atomic E-state index is 13.1. The highest BCUT2D eigenvalue weighted by molar-refractivity contribution is 7.99. The fourth-order valence-electron chi connectivity index (χ4n) is 2.73. The van der Waals surface area contributed by atoms with Crippen LogP contribution in [0.25, 0.3) is 0 Å². The molecule has 0 saturated heterocycles. The Labute approximate surface area is 156 Å². The summed E-state index contributed by atoms with van der Waals surface area (Å²) in [7, 11) is 0. The Morgan fingerprint density at radius 1 is 1.08 bits per heavy atom. The summed E-state index contributed by atoms with van der Waals surface area (Å²) >= 11 is 1.66. The van der Waals surface area contributed by atoms with Crippen LogP contribution in [0.15, 0.2) is 47.4 Å². The Balaban J connectivity index is 1.92. The van der Waals surface area contributed by atoms with E-state index < -0.39 is 0 Å². The number of thioether (sulfide) groups is 1. The van der Waals surface area contributed by atoms with Crippen molar-refractivity contribution in [2.75, 3.05) is 17.2 Å². The number of carbonyl (C=O) groups is 2. The van der Waals surface area contributed by atoms with Gasteiger partial charge in [-0.15, -0.1) is 11.8 Å². The van der Waals surface area contributed by atoms with Crippen molar-refractivity contribution in [3.8, 4) is 0 Å². The molecule has 6 heteroatoms. The summed E-state index contributed by atoms with van der Waals surface area (Å²) in [4.78, 5) is 28.0. The van der Waals surface area contributed by atoms with Gasteiger partial charge in [0.25, 0.3) is 11.8 Å². The molecule has 1 N–H and O–H groups in total. The molecule has 0 aliphatic carbocycles. The topological polar surface area (TPSA) is 49.4 Å². The molecule has 1 aliphatic rings. The largest absolute Gasteiger partial charge is 0.347 e. The zero-order chi connectivity index (χ0) is 18.9. The molecule has 2 aromatic rings. The zero-order valence-electron chi connectivity index (χ0n) is 15.0. The number of nitrogens with zero attached hydrogens (tertiary/aromatic N) is 1. The summed E-state index contributed by atoms with van der Waals surface area (Å²) in [6.07, 6.45) is 0. The lowest BCUT2D eigenvalue weighted by Gasteiger charge is -2.30. The maximum Gasteiger partial charge on any atom is 0.258 e. The van der Waals surface area contributed by atoms with E-state index in [-0.39, 0.29) is 23.2 Å². The number of amides is 2. The minimum atomic E-state index is -0.378. The summed E-state index contributed by atoms with van der Waals surface area (Å²) < 4.78 is 13.1. The Bertz CT molecular complexity index is 844. The second-order valence-electron chi connectivity index (χ2n) is 7.20. The predicted octanol–water partition coefficient (Wildman–Crippen LogP) is 4.11. The average Bonchev–Trinajstić information content (AvgIpc) is 2.59. The first-order chi connectivity index (χ1) is 12.2. The predicted molar refractivity (Wildman–Crippen MR) is 102 cm³/mol. The summed E-state index contributed by atoms with van der Waals surface area (Å²) in [6.45, 7) is 6.30. The van der Waals surface area contributed by atoms with Crippen LogP contribution in [0.3, 0.4) is 0 Å². The van der Waals surface area contributed by atoms with Gasteiger partial charge in [-0.25, -0.2) is 4.39 Å². The molecule has 4 nitrogen and oxygen atoms in total. The summed E-state index contributed by atoms with van der Waals surface area (Å²) in [5, 5.41) is 2.93. The smallest absolute Gasteiger partial charge is 0.258 e. The van der Waals surface area contributed by atoms with Gasteiger partial charge in [-0.05, 0) is 63.2 Å². The van der Waals surface area contributed by atoms with Crippen LogP contribution in [0.5, 0.6) is 0 Å². The van der Waals surface area contributed by atoms with Crippen molar-refractivity contribution in [3.05, 3.63) is 59.4 Å². The molecular formula is C20H21FN2O2S. The van der Waals surface area contributed by atoms with E-state index in [0.717, 1.165) is 16.3 Å². The number of carbonyl (C=O) groups excluding carboxylic acids is 2. The van der Waals surface area contributed by atoms with Crippen molar-refractivity contribution in [1.82, 2.24) is 5.32 Å². The van der Waals surface area contributed by atoms with Gasteiger partial charge in [0.05, 0.1) is 5.69 Å². The van der Waals surface area contributed by atoms with E-state index in [1.54, 1.807) is 28.8 Å². The Hall–Kier alpha value is -2.34. The maximum absolute atomic E-state index is 13.1.